The second kappa shape index (κ2) is 6.76. The fourth-order valence-corrected chi connectivity index (χ4v) is 3.83. The van der Waals surface area contributed by atoms with Crippen LogP contribution in [0.5, 0.6) is 5.75 Å². The molecular formula is C18H20N2O4S. The summed E-state index contributed by atoms with van der Waals surface area (Å²) in [5, 5.41) is 0. The quantitative estimate of drug-likeness (QED) is 0.910. The van der Waals surface area contributed by atoms with Gasteiger partial charge in [-0.05, 0) is 42.3 Å². The first kappa shape index (κ1) is 17.3. The number of ether oxygens (including phenoxy) is 1. The number of nitrogens with zero attached hydrogens (tertiary/aromatic N) is 1. The highest BCUT2D eigenvalue weighted by atomic mass is 32.2. The summed E-state index contributed by atoms with van der Waals surface area (Å²) in [5.74, 6) is 0.357. The first-order valence-electron chi connectivity index (χ1n) is 8.07. The van der Waals surface area contributed by atoms with Crippen LogP contribution >= 0.6 is 0 Å². The molecule has 0 unspecified atom stereocenters. The molecule has 3 rings (SSSR count). The summed E-state index contributed by atoms with van der Waals surface area (Å²) in [4.78, 5) is 13.4. The number of carbonyl (C=O) groups is 1. The van der Waals surface area contributed by atoms with Gasteiger partial charge in [-0.1, -0.05) is 19.1 Å². The molecule has 6 nitrogen and oxygen atoms in total. The van der Waals surface area contributed by atoms with Crippen LogP contribution in [0.1, 0.15) is 19.4 Å². The molecule has 7 heteroatoms. The summed E-state index contributed by atoms with van der Waals surface area (Å²) in [6, 6.07) is 11.8. The second-order valence-corrected chi connectivity index (χ2v) is 7.49. The van der Waals surface area contributed by atoms with Crippen molar-refractivity contribution in [2.24, 2.45) is 0 Å². The molecule has 0 saturated heterocycles. The highest BCUT2D eigenvalue weighted by Gasteiger charge is 2.24. The van der Waals surface area contributed by atoms with Crippen molar-refractivity contribution in [1.82, 2.24) is 0 Å². The van der Waals surface area contributed by atoms with Crippen LogP contribution in [0, 0.1) is 0 Å². The summed E-state index contributed by atoms with van der Waals surface area (Å²) < 4.78 is 33.5. The van der Waals surface area contributed by atoms with E-state index in [9.17, 15) is 13.2 Å². The Labute approximate surface area is 147 Å². The van der Waals surface area contributed by atoms with E-state index in [-0.39, 0.29) is 10.8 Å². The fraction of sp³-hybridized carbons (Fsp3) is 0.278. The number of anilines is 2. The molecular weight excluding hydrogens is 340 g/mol. The van der Waals surface area contributed by atoms with Gasteiger partial charge in [0.1, 0.15) is 12.4 Å². The maximum absolute atomic E-state index is 12.7. The lowest BCUT2D eigenvalue weighted by Gasteiger charge is -2.29. The molecule has 1 amide bonds. The maximum atomic E-state index is 12.7. The van der Waals surface area contributed by atoms with E-state index in [1.54, 1.807) is 18.2 Å². The van der Waals surface area contributed by atoms with Gasteiger partial charge >= 0.3 is 0 Å². The van der Waals surface area contributed by atoms with Crippen molar-refractivity contribution in [3.8, 4) is 5.75 Å². The van der Waals surface area contributed by atoms with Crippen LogP contribution in [-0.2, 0) is 21.2 Å². The average Bonchev–Trinajstić information content (AvgIpc) is 2.60. The first-order valence-corrected chi connectivity index (χ1v) is 9.56. The predicted octanol–water partition coefficient (Wildman–Crippen LogP) is 2.80. The van der Waals surface area contributed by atoms with Crippen LogP contribution in [0.3, 0.4) is 0 Å². The van der Waals surface area contributed by atoms with Crippen LogP contribution < -0.4 is 14.4 Å². The van der Waals surface area contributed by atoms with Crippen molar-refractivity contribution in [3.05, 3.63) is 48.0 Å². The lowest BCUT2D eigenvalue weighted by molar-refractivity contribution is -0.116. The molecule has 2 aromatic carbocycles. The number of nitrogens with one attached hydrogen (secondary N) is 1. The van der Waals surface area contributed by atoms with E-state index in [0.717, 1.165) is 12.0 Å². The molecule has 132 valence electrons. The van der Waals surface area contributed by atoms with Crippen molar-refractivity contribution in [2.75, 3.05) is 22.8 Å². The van der Waals surface area contributed by atoms with Crippen LogP contribution in [0.15, 0.2) is 47.4 Å². The van der Waals surface area contributed by atoms with E-state index in [1.807, 2.05) is 19.1 Å². The number of benzene rings is 2. The molecule has 1 N–H and O–H groups in total. The standard InChI is InChI=1S/C18H20N2O4S/c1-3-14-5-4-6-15(11-14)19-25(22,23)16-7-8-18-17(12-16)20(13(2)21)9-10-24-18/h4-8,11-12,19H,3,9-10H2,1-2H3. The highest BCUT2D eigenvalue weighted by Crippen LogP contribution is 2.34. The van der Waals surface area contributed by atoms with Gasteiger partial charge in [0.25, 0.3) is 10.0 Å². The smallest absolute Gasteiger partial charge is 0.261 e. The third kappa shape index (κ3) is 3.61. The molecule has 0 atom stereocenters. The summed E-state index contributed by atoms with van der Waals surface area (Å²) in [6.45, 7) is 4.25. The zero-order valence-corrected chi connectivity index (χ0v) is 15.0. The second-order valence-electron chi connectivity index (χ2n) is 5.81. The normalized spacial score (nSPS) is 13.8. The Morgan fingerprint density at radius 1 is 1.24 bits per heavy atom. The summed E-state index contributed by atoms with van der Waals surface area (Å²) >= 11 is 0. The third-order valence-electron chi connectivity index (χ3n) is 4.07. The number of hydrogen-bond donors (Lipinski definition) is 1. The monoisotopic (exact) mass is 360 g/mol. The first-order chi connectivity index (χ1) is 11.9. The van der Waals surface area contributed by atoms with Crippen molar-refractivity contribution < 1.29 is 17.9 Å². The van der Waals surface area contributed by atoms with Crippen molar-refractivity contribution in [1.29, 1.82) is 0 Å². The topological polar surface area (TPSA) is 75.7 Å². The number of fused-ring (bicyclic) bond motifs is 1. The highest BCUT2D eigenvalue weighted by molar-refractivity contribution is 7.92. The van der Waals surface area contributed by atoms with Gasteiger partial charge in [0.2, 0.25) is 5.91 Å². The molecule has 1 aliphatic rings. The van der Waals surface area contributed by atoms with E-state index in [2.05, 4.69) is 4.72 Å². The fourth-order valence-electron chi connectivity index (χ4n) is 2.76. The summed E-state index contributed by atoms with van der Waals surface area (Å²) in [5.41, 5.74) is 2.03. The number of carbonyl (C=O) groups excluding carboxylic acids is 1. The van der Waals surface area contributed by atoms with E-state index in [0.29, 0.717) is 30.3 Å². The molecule has 2 aromatic rings. The Hall–Kier alpha value is -2.54. The zero-order chi connectivity index (χ0) is 18.0. The number of sulfonamides is 1. The van der Waals surface area contributed by atoms with Crippen LogP contribution in [-0.4, -0.2) is 27.5 Å². The summed E-state index contributed by atoms with van der Waals surface area (Å²) in [6.07, 6.45) is 0.819. The Morgan fingerprint density at radius 3 is 2.76 bits per heavy atom. The van der Waals surface area contributed by atoms with E-state index in [1.165, 1.54) is 24.0 Å². The molecule has 0 saturated carbocycles. The minimum absolute atomic E-state index is 0.0879. The van der Waals surface area contributed by atoms with E-state index in [4.69, 9.17) is 4.74 Å². The molecule has 0 radical (unpaired) electrons. The molecule has 0 bridgehead atoms. The van der Waals surface area contributed by atoms with Gasteiger partial charge in [-0.2, -0.15) is 0 Å². The molecule has 0 aliphatic carbocycles. The number of aryl methyl sites for hydroxylation is 1. The minimum Gasteiger partial charge on any atom is -0.490 e. The molecule has 0 fully saturated rings. The van der Waals surface area contributed by atoms with E-state index >= 15 is 0 Å². The van der Waals surface area contributed by atoms with E-state index < -0.39 is 10.0 Å². The van der Waals surface area contributed by atoms with Crippen molar-refractivity contribution >= 4 is 27.3 Å². The minimum atomic E-state index is -3.76. The van der Waals surface area contributed by atoms with Gasteiger partial charge < -0.3 is 9.64 Å². The number of rotatable bonds is 4. The maximum Gasteiger partial charge on any atom is 0.261 e. The van der Waals surface area contributed by atoms with Gasteiger partial charge in [0.05, 0.1) is 17.1 Å². The lowest BCUT2D eigenvalue weighted by Crippen LogP contribution is -2.36. The largest absolute Gasteiger partial charge is 0.490 e. The van der Waals surface area contributed by atoms with Crippen LogP contribution in [0.25, 0.3) is 0 Å². The molecule has 1 aliphatic heterocycles. The van der Waals surface area contributed by atoms with Crippen molar-refractivity contribution in [2.45, 2.75) is 25.2 Å². The Kier molecular flexibility index (Phi) is 4.67. The molecule has 1 heterocycles. The Morgan fingerprint density at radius 2 is 2.04 bits per heavy atom. The van der Waals surface area contributed by atoms with Gasteiger partial charge in [-0.25, -0.2) is 8.42 Å². The van der Waals surface area contributed by atoms with Gasteiger partial charge in [-0.3, -0.25) is 9.52 Å². The van der Waals surface area contributed by atoms with Gasteiger partial charge in [0.15, 0.2) is 0 Å². The number of amides is 1. The Balaban J connectivity index is 1.95. The third-order valence-corrected chi connectivity index (χ3v) is 5.45. The average molecular weight is 360 g/mol. The molecule has 0 spiro atoms. The number of hydrogen-bond acceptors (Lipinski definition) is 4. The van der Waals surface area contributed by atoms with Crippen LogP contribution in [0.4, 0.5) is 11.4 Å². The summed E-state index contributed by atoms with van der Waals surface area (Å²) in [7, 11) is -3.76. The zero-order valence-electron chi connectivity index (χ0n) is 14.2. The van der Waals surface area contributed by atoms with Crippen molar-refractivity contribution in [3.63, 3.8) is 0 Å². The predicted molar refractivity (Wildman–Crippen MR) is 96.6 cm³/mol. The van der Waals surface area contributed by atoms with Crippen LogP contribution in [0.2, 0.25) is 0 Å². The van der Waals surface area contributed by atoms with Gasteiger partial charge in [0, 0.05) is 12.6 Å². The lowest BCUT2D eigenvalue weighted by atomic mass is 10.1. The molecule has 25 heavy (non-hydrogen) atoms. The SMILES string of the molecule is CCc1cccc(NS(=O)(=O)c2ccc3c(c2)N(C(C)=O)CCO3)c1. The Bertz CT molecular complexity index is 909. The molecule has 0 aromatic heterocycles. The van der Waals surface area contributed by atoms with Gasteiger partial charge in [-0.15, -0.1) is 0 Å².